The van der Waals surface area contributed by atoms with Gasteiger partial charge in [-0.15, -0.1) is 0 Å². The molecule has 232 valence electrons. The van der Waals surface area contributed by atoms with Crippen LogP contribution in [-0.2, 0) is 9.59 Å². The van der Waals surface area contributed by atoms with Crippen LogP contribution in [0, 0.1) is 22.6 Å². The van der Waals surface area contributed by atoms with Gasteiger partial charge in [0.15, 0.2) is 0 Å². The quantitative estimate of drug-likeness (QED) is 0.323. The third-order valence-electron chi connectivity index (χ3n) is 8.98. The SMILES string of the molecule is CC(C)(C)CC[C@H](c1ccc(C(=O)NCCC(=O)O)cc1)N1C(=O)C(c2ccc(F)cc2)=NC12CCC(C(C)(C)C)CC2. The van der Waals surface area contributed by atoms with Crippen molar-refractivity contribution in [3.63, 3.8) is 0 Å². The maximum absolute atomic E-state index is 14.4. The first-order chi connectivity index (χ1) is 20.1. The Bertz CT molecular complexity index is 1350. The van der Waals surface area contributed by atoms with Gasteiger partial charge in [0, 0.05) is 17.7 Å². The van der Waals surface area contributed by atoms with Gasteiger partial charge < -0.3 is 15.3 Å². The van der Waals surface area contributed by atoms with Gasteiger partial charge in [-0.05, 0) is 97.2 Å². The molecule has 2 aliphatic rings. The third-order valence-corrected chi connectivity index (χ3v) is 8.98. The van der Waals surface area contributed by atoms with Crippen LogP contribution in [0.25, 0.3) is 0 Å². The van der Waals surface area contributed by atoms with Crippen LogP contribution < -0.4 is 5.32 Å². The molecular weight excluding hydrogens is 545 g/mol. The van der Waals surface area contributed by atoms with Crippen molar-refractivity contribution in [3.05, 3.63) is 71.0 Å². The van der Waals surface area contributed by atoms with Crippen molar-refractivity contribution in [1.29, 1.82) is 0 Å². The van der Waals surface area contributed by atoms with Crippen LogP contribution in [0.1, 0.15) is 114 Å². The van der Waals surface area contributed by atoms with Gasteiger partial charge in [0.1, 0.15) is 17.2 Å². The first-order valence-corrected chi connectivity index (χ1v) is 15.4. The van der Waals surface area contributed by atoms with Crippen molar-refractivity contribution >= 4 is 23.5 Å². The fraction of sp³-hybridized carbons (Fsp3) is 0.543. The minimum absolute atomic E-state index is 0.0304. The Morgan fingerprint density at radius 1 is 1.02 bits per heavy atom. The molecule has 4 rings (SSSR count). The Hall–Kier alpha value is -3.55. The molecule has 8 heteroatoms. The molecule has 0 bridgehead atoms. The van der Waals surface area contributed by atoms with E-state index in [2.05, 4.69) is 46.9 Å². The van der Waals surface area contributed by atoms with Crippen LogP contribution in [0.2, 0.25) is 0 Å². The van der Waals surface area contributed by atoms with E-state index in [0.29, 0.717) is 22.8 Å². The number of amides is 2. The molecule has 2 N–H and O–H groups in total. The standard InChI is InChI=1S/C35H46FN3O4/c1-33(2,3)19-17-28(23-7-9-25(10-8-23)31(42)37-22-18-29(40)41)39-32(43)30(24-11-13-27(36)14-12-24)38-35(39)20-15-26(16-21-35)34(4,5)6/h7-14,26,28H,15-22H2,1-6H3,(H,37,42)(H,40,41)/t26?,28-,35?/m1/s1. The van der Waals surface area contributed by atoms with E-state index >= 15 is 0 Å². The molecule has 43 heavy (non-hydrogen) atoms. The molecule has 1 aliphatic heterocycles. The van der Waals surface area contributed by atoms with Gasteiger partial charge in [0.05, 0.1) is 12.5 Å². The van der Waals surface area contributed by atoms with Gasteiger partial charge in [-0.3, -0.25) is 19.4 Å². The zero-order chi connectivity index (χ0) is 31.6. The molecule has 1 fully saturated rings. The molecule has 0 aromatic heterocycles. The lowest BCUT2D eigenvalue weighted by Gasteiger charge is -2.47. The van der Waals surface area contributed by atoms with E-state index in [1.165, 1.54) is 12.1 Å². The minimum Gasteiger partial charge on any atom is -0.481 e. The normalized spacial score (nSPS) is 21.6. The number of nitrogens with zero attached hydrogens (tertiary/aromatic N) is 2. The van der Waals surface area contributed by atoms with E-state index in [0.717, 1.165) is 44.1 Å². The van der Waals surface area contributed by atoms with Crippen molar-refractivity contribution in [3.8, 4) is 0 Å². The first kappa shape index (κ1) is 32.4. The van der Waals surface area contributed by atoms with Crippen LogP contribution in [0.15, 0.2) is 53.5 Å². The Kier molecular flexibility index (Phi) is 9.48. The number of halogens is 1. The highest BCUT2D eigenvalue weighted by Gasteiger charge is 2.52. The maximum Gasteiger partial charge on any atom is 0.305 e. The summed E-state index contributed by atoms with van der Waals surface area (Å²) in [6, 6.07) is 13.0. The topological polar surface area (TPSA) is 99.1 Å². The number of hydrogen-bond acceptors (Lipinski definition) is 4. The van der Waals surface area contributed by atoms with Gasteiger partial charge in [0.25, 0.3) is 11.8 Å². The average Bonchev–Trinajstić information content (AvgIpc) is 3.19. The molecule has 0 radical (unpaired) electrons. The number of rotatable bonds is 9. The van der Waals surface area contributed by atoms with Crippen LogP contribution in [0.4, 0.5) is 4.39 Å². The molecule has 0 unspecified atom stereocenters. The van der Waals surface area contributed by atoms with Crippen LogP contribution in [-0.4, -0.2) is 45.7 Å². The molecule has 0 saturated heterocycles. The summed E-state index contributed by atoms with van der Waals surface area (Å²) < 4.78 is 13.8. The predicted octanol–water partition coefficient (Wildman–Crippen LogP) is 7.16. The van der Waals surface area contributed by atoms with Crippen molar-refractivity contribution in [2.24, 2.45) is 21.7 Å². The summed E-state index contributed by atoms with van der Waals surface area (Å²) in [5, 5.41) is 11.5. The van der Waals surface area contributed by atoms with E-state index in [4.69, 9.17) is 10.1 Å². The molecule has 2 aromatic carbocycles. The summed E-state index contributed by atoms with van der Waals surface area (Å²) in [7, 11) is 0. The molecule has 1 atom stereocenters. The third kappa shape index (κ3) is 7.70. The molecule has 1 heterocycles. The molecule has 1 spiro atoms. The lowest BCUT2D eigenvalue weighted by molar-refractivity contribution is -0.137. The second-order valence-electron chi connectivity index (χ2n) is 14.4. The van der Waals surface area contributed by atoms with Crippen molar-refractivity contribution in [1.82, 2.24) is 10.2 Å². The average molecular weight is 592 g/mol. The fourth-order valence-corrected chi connectivity index (χ4v) is 6.40. The van der Waals surface area contributed by atoms with Gasteiger partial charge in [-0.25, -0.2) is 4.39 Å². The summed E-state index contributed by atoms with van der Waals surface area (Å²) in [5.41, 5.74) is 1.84. The van der Waals surface area contributed by atoms with Crippen LogP contribution >= 0.6 is 0 Å². The highest BCUT2D eigenvalue weighted by atomic mass is 19.1. The number of nitrogens with one attached hydrogen (secondary N) is 1. The van der Waals surface area contributed by atoms with Gasteiger partial charge in [0.2, 0.25) is 0 Å². The summed E-state index contributed by atoms with van der Waals surface area (Å²) >= 11 is 0. The van der Waals surface area contributed by atoms with E-state index in [1.54, 1.807) is 24.3 Å². The Balaban J connectivity index is 1.72. The smallest absolute Gasteiger partial charge is 0.305 e. The Morgan fingerprint density at radius 2 is 1.63 bits per heavy atom. The molecule has 2 amide bonds. The minimum atomic E-state index is -0.972. The van der Waals surface area contributed by atoms with E-state index < -0.39 is 11.6 Å². The Labute approximate surface area is 255 Å². The molecule has 7 nitrogen and oxygen atoms in total. The summed E-state index contributed by atoms with van der Waals surface area (Å²) in [6.45, 7) is 13.4. The zero-order valence-corrected chi connectivity index (χ0v) is 26.4. The lowest BCUT2D eigenvalue weighted by atomic mass is 9.69. The Morgan fingerprint density at radius 3 is 2.16 bits per heavy atom. The van der Waals surface area contributed by atoms with E-state index in [-0.39, 0.29) is 47.5 Å². The van der Waals surface area contributed by atoms with Crippen LogP contribution in [0.3, 0.4) is 0 Å². The molecule has 2 aromatic rings. The van der Waals surface area contributed by atoms with E-state index in [1.807, 2.05) is 17.0 Å². The largest absolute Gasteiger partial charge is 0.481 e. The maximum atomic E-state index is 14.4. The van der Waals surface area contributed by atoms with Crippen molar-refractivity contribution in [2.75, 3.05) is 6.54 Å². The number of carboxylic acids is 1. The number of benzene rings is 2. The highest BCUT2D eigenvalue weighted by Crippen LogP contribution is 2.50. The highest BCUT2D eigenvalue weighted by molar-refractivity contribution is 6.46. The number of aliphatic imine (C=N–C) groups is 1. The summed E-state index contributed by atoms with van der Waals surface area (Å²) in [6.07, 6.45) is 4.85. The predicted molar refractivity (Wildman–Crippen MR) is 166 cm³/mol. The lowest BCUT2D eigenvalue weighted by Crippen LogP contribution is -2.51. The van der Waals surface area contributed by atoms with Crippen molar-refractivity contribution in [2.45, 2.75) is 98.2 Å². The van der Waals surface area contributed by atoms with Crippen LogP contribution in [0.5, 0.6) is 0 Å². The first-order valence-electron chi connectivity index (χ1n) is 15.4. The fourth-order valence-electron chi connectivity index (χ4n) is 6.40. The number of aliphatic carboxylic acids is 1. The molecular formula is C35H46FN3O4. The molecule has 1 saturated carbocycles. The van der Waals surface area contributed by atoms with Gasteiger partial charge in [-0.2, -0.15) is 0 Å². The monoisotopic (exact) mass is 591 g/mol. The summed E-state index contributed by atoms with van der Waals surface area (Å²) in [4.78, 5) is 45.1. The van der Waals surface area contributed by atoms with Crippen molar-refractivity contribution < 1.29 is 23.9 Å². The second kappa shape index (κ2) is 12.6. The number of hydrogen-bond donors (Lipinski definition) is 2. The van der Waals surface area contributed by atoms with E-state index in [9.17, 15) is 18.8 Å². The summed E-state index contributed by atoms with van der Waals surface area (Å²) in [5.74, 6) is -1.29. The zero-order valence-electron chi connectivity index (χ0n) is 26.4. The number of carbonyl (C=O) groups excluding carboxylic acids is 2. The van der Waals surface area contributed by atoms with Gasteiger partial charge >= 0.3 is 5.97 Å². The number of carbonyl (C=O) groups is 3. The number of carboxylic acid groups (broad SMARTS) is 1. The second-order valence-corrected chi connectivity index (χ2v) is 14.4. The molecule has 1 aliphatic carbocycles. The van der Waals surface area contributed by atoms with Gasteiger partial charge in [-0.1, -0.05) is 53.7 Å².